The molecule has 0 spiro atoms. The molecule has 0 aliphatic rings. The molecular weight excluding hydrogens is 402 g/mol. The maximum atomic E-state index is 11.6. The quantitative estimate of drug-likeness (QED) is 0.352. The number of rotatable bonds is 6. The number of carbonyl (C=O) groups is 1. The Hall–Kier alpha value is -4.65. The molecule has 0 saturated heterocycles. The molecule has 1 amide bonds. The molecule has 7 heteroatoms. The number of hydrogen-bond donors (Lipinski definition) is 2. The lowest BCUT2D eigenvalue weighted by Gasteiger charge is -2.09. The SMILES string of the molecule is C=CC(=O)Nc1cccc(Oc2cccc3nc(Nc4cccc5ccccc45)nn23)c1. The van der Waals surface area contributed by atoms with Crippen molar-refractivity contribution in [3.8, 4) is 11.6 Å². The van der Waals surface area contributed by atoms with E-state index in [2.05, 4.69) is 45.5 Å². The van der Waals surface area contributed by atoms with Crippen molar-refractivity contribution in [3.63, 3.8) is 0 Å². The fourth-order valence-electron chi connectivity index (χ4n) is 3.42. The lowest BCUT2D eigenvalue weighted by molar-refractivity contribution is -0.111. The Morgan fingerprint density at radius 2 is 1.78 bits per heavy atom. The van der Waals surface area contributed by atoms with Crippen molar-refractivity contribution in [2.45, 2.75) is 0 Å². The van der Waals surface area contributed by atoms with Crippen LogP contribution in [0.5, 0.6) is 11.6 Å². The summed E-state index contributed by atoms with van der Waals surface area (Å²) in [4.78, 5) is 16.1. The van der Waals surface area contributed by atoms with E-state index in [4.69, 9.17) is 4.74 Å². The van der Waals surface area contributed by atoms with E-state index < -0.39 is 0 Å². The summed E-state index contributed by atoms with van der Waals surface area (Å²) in [6.45, 7) is 3.46. The highest BCUT2D eigenvalue weighted by Gasteiger charge is 2.11. The number of anilines is 3. The largest absolute Gasteiger partial charge is 0.439 e. The standard InChI is InChI=1S/C25H19N5O2/c1-2-23(31)26-18-10-6-11-19(16-18)32-24-15-7-14-22-28-25(29-30(22)24)27-21-13-5-9-17-8-3-4-12-20(17)21/h2-16H,1H2,(H,26,31)(H,27,29). The van der Waals surface area contributed by atoms with E-state index in [1.54, 1.807) is 34.8 Å². The van der Waals surface area contributed by atoms with Crippen LogP contribution >= 0.6 is 0 Å². The zero-order valence-electron chi connectivity index (χ0n) is 17.0. The van der Waals surface area contributed by atoms with Gasteiger partial charge in [-0.15, -0.1) is 5.10 Å². The van der Waals surface area contributed by atoms with Crippen LogP contribution in [0, 0.1) is 0 Å². The van der Waals surface area contributed by atoms with Crippen molar-refractivity contribution in [2.75, 3.05) is 10.6 Å². The summed E-state index contributed by atoms with van der Waals surface area (Å²) in [5.74, 6) is 1.22. The van der Waals surface area contributed by atoms with E-state index in [9.17, 15) is 4.79 Å². The topological polar surface area (TPSA) is 80.5 Å². The predicted molar refractivity (Wildman–Crippen MR) is 126 cm³/mol. The summed E-state index contributed by atoms with van der Waals surface area (Å²) in [5, 5.41) is 12.8. The minimum absolute atomic E-state index is 0.287. The summed E-state index contributed by atoms with van der Waals surface area (Å²) in [6, 6.07) is 26.8. The molecule has 0 aliphatic carbocycles. The van der Waals surface area contributed by atoms with Crippen molar-refractivity contribution in [1.82, 2.24) is 14.6 Å². The number of nitrogens with one attached hydrogen (secondary N) is 2. The number of benzene rings is 3. The zero-order chi connectivity index (χ0) is 21.9. The Morgan fingerprint density at radius 1 is 0.969 bits per heavy atom. The average molecular weight is 421 g/mol. The molecule has 5 rings (SSSR count). The highest BCUT2D eigenvalue weighted by molar-refractivity contribution is 5.99. The van der Waals surface area contributed by atoms with Crippen molar-refractivity contribution in [2.24, 2.45) is 0 Å². The van der Waals surface area contributed by atoms with Gasteiger partial charge in [0.15, 0.2) is 5.65 Å². The summed E-state index contributed by atoms with van der Waals surface area (Å²) < 4.78 is 7.66. The minimum atomic E-state index is -0.287. The number of aromatic nitrogens is 3. The van der Waals surface area contributed by atoms with Crippen LogP contribution in [0.15, 0.2) is 97.6 Å². The highest BCUT2D eigenvalue weighted by atomic mass is 16.5. The first-order chi connectivity index (χ1) is 15.7. The number of amides is 1. The molecule has 2 N–H and O–H groups in total. The van der Waals surface area contributed by atoms with Gasteiger partial charge in [0.2, 0.25) is 17.7 Å². The first-order valence-electron chi connectivity index (χ1n) is 10.0. The van der Waals surface area contributed by atoms with E-state index in [1.807, 2.05) is 36.4 Å². The Kier molecular flexibility index (Phi) is 4.97. The van der Waals surface area contributed by atoms with E-state index in [0.717, 1.165) is 16.5 Å². The second kappa shape index (κ2) is 8.23. The monoisotopic (exact) mass is 421 g/mol. The summed E-state index contributed by atoms with van der Waals surface area (Å²) in [6.07, 6.45) is 1.22. The molecule has 156 valence electrons. The van der Waals surface area contributed by atoms with Gasteiger partial charge in [0.05, 0.1) is 0 Å². The molecule has 7 nitrogen and oxygen atoms in total. The predicted octanol–water partition coefficient (Wildman–Crippen LogP) is 5.54. The molecule has 2 aromatic heterocycles. The molecule has 0 fully saturated rings. The molecule has 2 heterocycles. The van der Waals surface area contributed by atoms with E-state index >= 15 is 0 Å². The maximum absolute atomic E-state index is 11.6. The number of hydrogen-bond acceptors (Lipinski definition) is 5. The molecular formula is C25H19N5O2. The Balaban J connectivity index is 1.44. The van der Waals surface area contributed by atoms with Gasteiger partial charge in [0.25, 0.3) is 0 Å². The molecule has 0 aliphatic heterocycles. The second-order valence-corrected chi connectivity index (χ2v) is 7.04. The van der Waals surface area contributed by atoms with E-state index in [0.29, 0.717) is 28.9 Å². The maximum Gasteiger partial charge on any atom is 0.247 e. The van der Waals surface area contributed by atoms with Crippen molar-refractivity contribution in [1.29, 1.82) is 0 Å². The van der Waals surface area contributed by atoms with Gasteiger partial charge in [0.1, 0.15) is 5.75 Å². The Bertz CT molecular complexity index is 1450. The summed E-state index contributed by atoms with van der Waals surface area (Å²) >= 11 is 0. The first-order valence-corrected chi connectivity index (χ1v) is 10.0. The number of ether oxygens (including phenoxy) is 1. The van der Waals surface area contributed by atoms with Crippen LogP contribution in [-0.2, 0) is 4.79 Å². The lowest BCUT2D eigenvalue weighted by atomic mass is 10.1. The van der Waals surface area contributed by atoms with Crippen LogP contribution in [0.1, 0.15) is 0 Å². The third kappa shape index (κ3) is 3.87. The molecule has 0 saturated carbocycles. The molecule has 3 aromatic carbocycles. The summed E-state index contributed by atoms with van der Waals surface area (Å²) in [7, 11) is 0. The van der Waals surface area contributed by atoms with Crippen LogP contribution in [0.3, 0.4) is 0 Å². The van der Waals surface area contributed by atoms with Gasteiger partial charge in [-0.3, -0.25) is 4.79 Å². The van der Waals surface area contributed by atoms with Gasteiger partial charge in [-0.25, -0.2) is 0 Å². The normalized spacial score (nSPS) is 10.8. The molecule has 0 atom stereocenters. The van der Waals surface area contributed by atoms with Crippen LogP contribution in [0.4, 0.5) is 17.3 Å². The number of nitrogens with zero attached hydrogens (tertiary/aromatic N) is 3. The number of fused-ring (bicyclic) bond motifs is 2. The van der Waals surface area contributed by atoms with Crippen molar-refractivity contribution >= 4 is 39.6 Å². The second-order valence-electron chi connectivity index (χ2n) is 7.04. The van der Waals surface area contributed by atoms with Crippen molar-refractivity contribution in [3.05, 3.63) is 97.6 Å². The molecule has 0 unspecified atom stereocenters. The number of carbonyl (C=O) groups excluding carboxylic acids is 1. The van der Waals surface area contributed by atoms with Crippen LogP contribution < -0.4 is 15.4 Å². The third-order valence-electron chi connectivity index (χ3n) is 4.87. The lowest BCUT2D eigenvalue weighted by Crippen LogP contribution is -2.07. The van der Waals surface area contributed by atoms with Gasteiger partial charge in [-0.2, -0.15) is 9.50 Å². The van der Waals surface area contributed by atoms with Crippen LogP contribution in [-0.4, -0.2) is 20.5 Å². The average Bonchev–Trinajstić information content (AvgIpc) is 3.23. The van der Waals surface area contributed by atoms with Gasteiger partial charge in [-0.05, 0) is 35.7 Å². The number of pyridine rings is 1. The molecule has 0 radical (unpaired) electrons. The van der Waals surface area contributed by atoms with E-state index in [1.165, 1.54) is 6.08 Å². The fraction of sp³-hybridized carbons (Fsp3) is 0. The molecule has 0 bridgehead atoms. The highest BCUT2D eigenvalue weighted by Crippen LogP contribution is 2.28. The Labute approximate surface area is 184 Å². The zero-order valence-corrected chi connectivity index (χ0v) is 17.0. The Morgan fingerprint density at radius 3 is 2.69 bits per heavy atom. The first kappa shape index (κ1) is 19.3. The third-order valence-corrected chi connectivity index (χ3v) is 4.87. The molecule has 32 heavy (non-hydrogen) atoms. The van der Waals surface area contributed by atoms with Crippen LogP contribution in [0.2, 0.25) is 0 Å². The van der Waals surface area contributed by atoms with Gasteiger partial charge < -0.3 is 15.4 Å². The minimum Gasteiger partial charge on any atom is -0.439 e. The summed E-state index contributed by atoms with van der Waals surface area (Å²) in [5.41, 5.74) is 2.17. The smallest absolute Gasteiger partial charge is 0.247 e. The van der Waals surface area contributed by atoms with Gasteiger partial charge >= 0.3 is 0 Å². The van der Waals surface area contributed by atoms with E-state index in [-0.39, 0.29) is 5.91 Å². The fourth-order valence-corrected chi connectivity index (χ4v) is 3.42. The van der Waals surface area contributed by atoms with Gasteiger partial charge in [-0.1, -0.05) is 55.1 Å². The van der Waals surface area contributed by atoms with Crippen LogP contribution in [0.25, 0.3) is 16.4 Å². The van der Waals surface area contributed by atoms with Crippen molar-refractivity contribution < 1.29 is 9.53 Å². The molecule has 5 aromatic rings. The van der Waals surface area contributed by atoms with Gasteiger partial charge in [0, 0.05) is 28.9 Å².